The zero-order valence-corrected chi connectivity index (χ0v) is 18.3. The highest BCUT2D eigenvalue weighted by Gasteiger charge is 2.39. The fourth-order valence-electron chi connectivity index (χ4n) is 3.62. The molecule has 0 radical (unpaired) electrons. The van der Waals surface area contributed by atoms with Crippen molar-refractivity contribution in [1.29, 1.82) is 0 Å². The molecule has 8 nitrogen and oxygen atoms in total. The van der Waals surface area contributed by atoms with Gasteiger partial charge in [0, 0.05) is 32.0 Å². The Morgan fingerprint density at radius 3 is 2.50 bits per heavy atom. The van der Waals surface area contributed by atoms with Crippen LogP contribution >= 0.6 is 0 Å². The number of nitrogens with zero attached hydrogens (tertiary/aromatic N) is 1. The molecule has 2 aliphatic rings. The molecule has 0 aromatic heterocycles. The van der Waals surface area contributed by atoms with Gasteiger partial charge >= 0.3 is 0 Å². The summed E-state index contributed by atoms with van der Waals surface area (Å²) in [6.45, 7) is 4.78. The molecule has 168 valence electrons. The van der Waals surface area contributed by atoms with Crippen molar-refractivity contribution in [2.75, 3.05) is 32.4 Å². The Morgan fingerprint density at radius 2 is 1.78 bits per heavy atom. The largest absolute Gasteiger partial charge is 0.491 e. The van der Waals surface area contributed by atoms with E-state index in [2.05, 4.69) is 5.32 Å². The maximum atomic E-state index is 13.3. The molecule has 4 rings (SSSR count). The fraction of sp³-hybridized carbons (Fsp3) is 0.333. The van der Waals surface area contributed by atoms with Crippen LogP contribution in [0, 0.1) is 0 Å². The molecule has 32 heavy (non-hydrogen) atoms. The minimum Gasteiger partial charge on any atom is -0.491 e. The second-order valence-electron chi connectivity index (χ2n) is 7.74. The first kappa shape index (κ1) is 21.7. The van der Waals surface area contributed by atoms with Crippen molar-refractivity contribution in [2.24, 2.45) is 0 Å². The first-order valence-corrected chi connectivity index (χ1v) is 10.5. The predicted octanol–water partition coefficient (Wildman–Crippen LogP) is 3.43. The Morgan fingerprint density at radius 1 is 1.03 bits per heavy atom. The Balaban J connectivity index is 1.67. The Labute approximate surface area is 186 Å². The van der Waals surface area contributed by atoms with Crippen molar-refractivity contribution in [3.8, 4) is 17.2 Å². The van der Waals surface area contributed by atoms with Gasteiger partial charge in [0.15, 0.2) is 11.5 Å². The summed E-state index contributed by atoms with van der Waals surface area (Å²) in [6.07, 6.45) is 0.592. The molecule has 1 N–H and O–H groups in total. The van der Waals surface area contributed by atoms with Crippen LogP contribution in [0.4, 0.5) is 5.69 Å². The summed E-state index contributed by atoms with van der Waals surface area (Å²) < 4.78 is 21.5. The molecule has 0 saturated carbocycles. The summed E-state index contributed by atoms with van der Waals surface area (Å²) in [4.78, 5) is 27.7. The number of hydrogen-bond donors (Lipinski definition) is 1. The summed E-state index contributed by atoms with van der Waals surface area (Å²) in [5.74, 6) is 1.21. The average Bonchev–Trinajstić information content (AvgIpc) is 3.32. The van der Waals surface area contributed by atoms with Gasteiger partial charge in [-0.15, -0.1) is 0 Å². The topological polar surface area (TPSA) is 86.3 Å². The first-order chi connectivity index (χ1) is 15.5. The highest BCUT2D eigenvalue weighted by molar-refractivity contribution is 6.36. The van der Waals surface area contributed by atoms with Gasteiger partial charge in [-0.05, 0) is 50.1 Å². The van der Waals surface area contributed by atoms with E-state index < -0.39 is 0 Å². The maximum Gasteiger partial charge on any atom is 0.278 e. The molecular weight excluding hydrogens is 412 g/mol. The quantitative estimate of drug-likeness (QED) is 0.474. The number of rotatable bonds is 9. The number of imide groups is 1. The number of fused-ring (bicyclic) bond motifs is 1. The van der Waals surface area contributed by atoms with Gasteiger partial charge in [-0.25, -0.2) is 0 Å². The van der Waals surface area contributed by atoms with Crippen LogP contribution in [0.3, 0.4) is 0 Å². The van der Waals surface area contributed by atoms with Gasteiger partial charge in [0.05, 0.1) is 11.7 Å². The lowest BCUT2D eigenvalue weighted by Crippen LogP contribution is -2.33. The van der Waals surface area contributed by atoms with E-state index in [4.69, 9.17) is 18.9 Å². The molecule has 0 fully saturated rings. The Bertz CT molecular complexity index is 1040. The third kappa shape index (κ3) is 4.40. The zero-order valence-electron chi connectivity index (χ0n) is 18.3. The number of benzene rings is 2. The lowest BCUT2D eigenvalue weighted by atomic mass is 10.0. The third-order valence-corrected chi connectivity index (χ3v) is 5.05. The highest BCUT2D eigenvalue weighted by atomic mass is 16.7. The van der Waals surface area contributed by atoms with Gasteiger partial charge in [0.1, 0.15) is 11.4 Å². The normalized spacial score (nSPS) is 15.2. The van der Waals surface area contributed by atoms with Crippen molar-refractivity contribution in [1.82, 2.24) is 4.90 Å². The summed E-state index contributed by atoms with van der Waals surface area (Å²) in [7, 11) is 1.59. The standard InChI is InChI=1S/C24H26N2O6/c1-15(2)32-18-8-5-16(6-9-18)21-22(24(28)26(23(21)27)11-4-12-29-3)25-17-7-10-19-20(13-17)31-14-30-19/h5-10,13,15,25H,4,11-12,14H2,1-3H3. The molecule has 2 aromatic carbocycles. The predicted molar refractivity (Wildman–Crippen MR) is 119 cm³/mol. The van der Waals surface area contributed by atoms with Crippen molar-refractivity contribution in [3.05, 3.63) is 53.7 Å². The van der Waals surface area contributed by atoms with Crippen molar-refractivity contribution in [2.45, 2.75) is 26.4 Å². The molecule has 0 aliphatic carbocycles. The molecule has 0 spiro atoms. The van der Waals surface area contributed by atoms with E-state index in [1.165, 1.54) is 4.90 Å². The first-order valence-electron chi connectivity index (χ1n) is 10.5. The van der Waals surface area contributed by atoms with E-state index in [0.29, 0.717) is 47.1 Å². The lowest BCUT2D eigenvalue weighted by Gasteiger charge is -2.15. The molecule has 0 saturated heterocycles. The van der Waals surface area contributed by atoms with E-state index in [9.17, 15) is 9.59 Å². The van der Waals surface area contributed by atoms with Gasteiger partial charge in [-0.1, -0.05) is 12.1 Å². The van der Waals surface area contributed by atoms with Crippen LogP contribution in [0.1, 0.15) is 25.8 Å². The molecular formula is C24H26N2O6. The number of ether oxygens (including phenoxy) is 4. The maximum absolute atomic E-state index is 13.3. The number of hydrogen-bond acceptors (Lipinski definition) is 7. The molecule has 2 aliphatic heterocycles. The average molecular weight is 438 g/mol. The van der Waals surface area contributed by atoms with E-state index in [0.717, 1.165) is 0 Å². The number of carbonyl (C=O) groups excluding carboxylic acids is 2. The summed E-state index contributed by atoms with van der Waals surface area (Å²) in [5.41, 5.74) is 1.81. The monoisotopic (exact) mass is 438 g/mol. The Hall–Kier alpha value is -3.52. The second-order valence-corrected chi connectivity index (χ2v) is 7.74. The third-order valence-electron chi connectivity index (χ3n) is 5.05. The van der Waals surface area contributed by atoms with Gasteiger partial charge in [-0.2, -0.15) is 0 Å². The molecule has 2 aromatic rings. The van der Waals surface area contributed by atoms with Crippen LogP contribution in [-0.2, 0) is 14.3 Å². The summed E-state index contributed by atoms with van der Waals surface area (Å²) in [5, 5.41) is 3.14. The van der Waals surface area contributed by atoms with Crippen LogP contribution in [-0.4, -0.2) is 49.9 Å². The van der Waals surface area contributed by atoms with Crippen LogP contribution < -0.4 is 19.5 Å². The molecule has 0 unspecified atom stereocenters. The van der Waals surface area contributed by atoms with Gasteiger partial charge in [0.25, 0.3) is 11.8 Å². The minimum absolute atomic E-state index is 0.0364. The Kier molecular flexibility index (Phi) is 6.32. The number of nitrogens with one attached hydrogen (secondary N) is 1. The molecule has 0 atom stereocenters. The van der Waals surface area contributed by atoms with Gasteiger partial charge in [0.2, 0.25) is 6.79 Å². The van der Waals surface area contributed by atoms with Gasteiger partial charge < -0.3 is 24.3 Å². The van der Waals surface area contributed by atoms with Crippen LogP contribution in [0.15, 0.2) is 48.2 Å². The molecule has 2 amide bonds. The molecule has 2 heterocycles. The minimum atomic E-state index is -0.374. The van der Waals surface area contributed by atoms with E-state index in [1.807, 2.05) is 13.8 Å². The summed E-state index contributed by atoms with van der Waals surface area (Å²) >= 11 is 0. The van der Waals surface area contributed by atoms with E-state index >= 15 is 0 Å². The van der Waals surface area contributed by atoms with Crippen molar-refractivity contribution < 1.29 is 28.5 Å². The molecule has 8 heteroatoms. The smallest absolute Gasteiger partial charge is 0.278 e. The van der Waals surface area contributed by atoms with Crippen LogP contribution in [0.25, 0.3) is 5.57 Å². The molecule has 0 bridgehead atoms. The lowest BCUT2D eigenvalue weighted by molar-refractivity contribution is -0.137. The van der Waals surface area contributed by atoms with E-state index in [-0.39, 0.29) is 37.0 Å². The van der Waals surface area contributed by atoms with Crippen molar-refractivity contribution in [3.63, 3.8) is 0 Å². The second kappa shape index (κ2) is 9.32. The summed E-state index contributed by atoms with van der Waals surface area (Å²) in [6, 6.07) is 12.5. The fourth-order valence-corrected chi connectivity index (χ4v) is 3.62. The van der Waals surface area contributed by atoms with Crippen LogP contribution in [0.5, 0.6) is 17.2 Å². The van der Waals surface area contributed by atoms with Crippen molar-refractivity contribution >= 4 is 23.1 Å². The van der Waals surface area contributed by atoms with Crippen LogP contribution in [0.2, 0.25) is 0 Å². The highest BCUT2D eigenvalue weighted by Crippen LogP contribution is 2.36. The zero-order chi connectivity index (χ0) is 22.7. The number of methoxy groups -OCH3 is 1. The van der Waals surface area contributed by atoms with E-state index in [1.54, 1.807) is 49.6 Å². The SMILES string of the molecule is COCCCN1C(=O)C(Nc2ccc3c(c2)OCO3)=C(c2ccc(OC(C)C)cc2)C1=O. The number of anilines is 1. The number of amides is 2. The van der Waals surface area contributed by atoms with Gasteiger partial charge in [-0.3, -0.25) is 14.5 Å². The number of carbonyl (C=O) groups is 2.